The van der Waals surface area contributed by atoms with Gasteiger partial charge in [-0.15, -0.1) is 0 Å². The molecule has 1 aromatic heterocycles. The predicted molar refractivity (Wildman–Crippen MR) is 58.4 cm³/mol. The maximum Gasteiger partial charge on any atom is 0.328 e. The Bertz CT molecular complexity index is 341. The molecule has 1 rings (SSSR count). The van der Waals surface area contributed by atoms with Crippen LogP contribution in [-0.4, -0.2) is 9.13 Å². The number of nitrogens with zero attached hydrogens (tertiary/aromatic N) is 2. The van der Waals surface area contributed by atoms with E-state index < -0.39 is 0 Å². The van der Waals surface area contributed by atoms with Gasteiger partial charge in [0.15, 0.2) is 0 Å². The van der Waals surface area contributed by atoms with Crippen LogP contribution in [0.2, 0.25) is 0 Å². The van der Waals surface area contributed by atoms with Crippen LogP contribution >= 0.6 is 0 Å². The quantitative estimate of drug-likeness (QED) is 0.727. The van der Waals surface area contributed by atoms with Crippen molar-refractivity contribution in [3.63, 3.8) is 0 Å². The Hall–Kier alpha value is -0.990. The Kier molecular flexibility index (Phi) is 3.19. The van der Waals surface area contributed by atoms with Gasteiger partial charge in [0.2, 0.25) is 0 Å². The molecule has 0 bridgehead atoms. The second kappa shape index (κ2) is 4.03. The van der Waals surface area contributed by atoms with E-state index in [1.165, 1.54) is 0 Å². The minimum absolute atomic E-state index is 0.108. The van der Waals surface area contributed by atoms with E-state index in [1.54, 1.807) is 9.13 Å². The van der Waals surface area contributed by atoms with Crippen molar-refractivity contribution in [2.45, 2.75) is 47.2 Å². The van der Waals surface area contributed by atoms with Gasteiger partial charge in [0, 0.05) is 25.5 Å². The van der Waals surface area contributed by atoms with Gasteiger partial charge in [0.05, 0.1) is 0 Å². The summed E-state index contributed by atoms with van der Waals surface area (Å²) < 4.78 is 3.51. The molecule has 0 radical (unpaired) electrons. The van der Waals surface area contributed by atoms with E-state index in [4.69, 9.17) is 0 Å². The fourth-order valence-electron chi connectivity index (χ4n) is 1.32. The minimum Gasteiger partial charge on any atom is -0.300 e. The molecule has 0 fully saturated rings. The molecule has 0 saturated heterocycles. The van der Waals surface area contributed by atoms with Crippen LogP contribution in [0.25, 0.3) is 0 Å². The van der Waals surface area contributed by atoms with Crippen LogP contribution in [0.5, 0.6) is 0 Å². The Morgan fingerprint density at radius 3 is 2.21 bits per heavy atom. The summed E-state index contributed by atoms with van der Waals surface area (Å²) >= 11 is 0. The second-order valence-corrected chi connectivity index (χ2v) is 4.87. The molecule has 1 aromatic rings. The maximum atomic E-state index is 11.6. The molecule has 14 heavy (non-hydrogen) atoms. The van der Waals surface area contributed by atoms with Crippen LogP contribution in [0, 0.1) is 5.41 Å². The first-order valence-corrected chi connectivity index (χ1v) is 5.19. The van der Waals surface area contributed by atoms with Gasteiger partial charge >= 0.3 is 5.69 Å². The number of aryl methyl sites for hydroxylation is 2. The molecule has 1 heterocycles. The molecule has 80 valence electrons. The van der Waals surface area contributed by atoms with E-state index in [2.05, 4.69) is 20.8 Å². The zero-order valence-electron chi connectivity index (χ0n) is 9.58. The SMILES string of the molecule is CCn1ccn(CCC(C)(C)C)c1=O. The number of hydrogen-bond acceptors (Lipinski definition) is 1. The highest BCUT2D eigenvalue weighted by Crippen LogP contribution is 2.18. The lowest BCUT2D eigenvalue weighted by Gasteiger charge is -2.17. The minimum atomic E-state index is 0.108. The molecule has 0 unspecified atom stereocenters. The molecule has 0 aromatic carbocycles. The lowest BCUT2D eigenvalue weighted by molar-refractivity contribution is 0.347. The Labute approximate surface area is 85.4 Å². The third-order valence-corrected chi connectivity index (χ3v) is 2.36. The van der Waals surface area contributed by atoms with E-state index >= 15 is 0 Å². The molecule has 0 spiro atoms. The van der Waals surface area contributed by atoms with Crippen molar-refractivity contribution in [1.29, 1.82) is 0 Å². The fourth-order valence-corrected chi connectivity index (χ4v) is 1.32. The monoisotopic (exact) mass is 196 g/mol. The topological polar surface area (TPSA) is 26.9 Å². The summed E-state index contributed by atoms with van der Waals surface area (Å²) in [5.74, 6) is 0. The molecular weight excluding hydrogens is 176 g/mol. The van der Waals surface area contributed by atoms with Crippen molar-refractivity contribution >= 4 is 0 Å². The summed E-state index contributed by atoms with van der Waals surface area (Å²) in [4.78, 5) is 11.6. The largest absolute Gasteiger partial charge is 0.328 e. The van der Waals surface area contributed by atoms with Crippen LogP contribution in [0.4, 0.5) is 0 Å². The van der Waals surface area contributed by atoms with Crippen LogP contribution in [0.15, 0.2) is 17.2 Å². The van der Waals surface area contributed by atoms with Crippen LogP contribution in [0.3, 0.4) is 0 Å². The average molecular weight is 196 g/mol. The summed E-state index contributed by atoms with van der Waals surface area (Å²) in [7, 11) is 0. The third-order valence-electron chi connectivity index (χ3n) is 2.36. The molecule has 3 heteroatoms. The van der Waals surface area contributed by atoms with Gasteiger partial charge in [-0.25, -0.2) is 4.79 Å². The summed E-state index contributed by atoms with van der Waals surface area (Å²) in [6.07, 6.45) is 4.75. The maximum absolute atomic E-state index is 11.6. The molecule has 0 aliphatic heterocycles. The molecule has 0 N–H and O–H groups in total. The van der Waals surface area contributed by atoms with Crippen LogP contribution < -0.4 is 5.69 Å². The van der Waals surface area contributed by atoms with Gasteiger partial charge in [0.25, 0.3) is 0 Å². The fraction of sp³-hybridized carbons (Fsp3) is 0.727. The van der Waals surface area contributed by atoms with Crippen LogP contribution in [-0.2, 0) is 13.1 Å². The van der Waals surface area contributed by atoms with Crippen molar-refractivity contribution in [1.82, 2.24) is 9.13 Å². The third kappa shape index (κ3) is 2.76. The first-order valence-electron chi connectivity index (χ1n) is 5.19. The predicted octanol–water partition coefficient (Wildman–Crippen LogP) is 2.11. The normalized spacial score (nSPS) is 12.0. The molecule has 3 nitrogen and oxygen atoms in total. The number of imidazole rings is 1. The van der Waals surface area contributed by atoms with Gasteiger partial charge in [-0.2, -0.15) is 0 Å². The second-order valence-electron chi connectivity index (χ2n) is 4.87. The van der Waals surface area contributed by atoms with Crippen molar-refractivity contribution in [2.75, 3.05) is 0 Å². The van der Waals surface area contributed by atoms with E-state index in [0.29, 0.717) is 0 Å². The van der Waals surface area contributed by atoms with Crippen molar-refractivity contribution in [3.8, 4) is 0 Å². The van der Waals surface area contributed by atoms with Gasteiger partial charge in [-0.05, 0) is 18.8 Å². The van der Waals surface area contributed by atoms with Gasteiger partial charge < -0.3 is 0 Å². The average Bonchev–Trinajstić information content (AvgIpc) is 2.42. The Morgan fingerprint density at radius 1 is 1.21 bits per heavy atom. The standard InChI is InChI=1S/C11H20N2O/c1-5-12-8-9-13(10(12)14)7-6-11(2,3)4/h8-9H,5-7H2,1-4H3. The number of hydrogen-bond donors (Lipinski definition) is 0. The molecular formula is C11H20N2O. The van der Waals surface area contributed by atoms with E-state index in [1.807, 2.05) is 19.3 Å². The first kappa shape index (κ1) is 11.1. The first-order chi connectivity index (χ1) is 6.44. The van der Waals surface area contributed by atoms with E-state index in [-0.39, 0.29) is 11.1 Å². The highest BCUT2D eigenvalue weighted by molar-refractivity contribution is 4.81. The summed E-state index contributed by atoms with van der Waals surface area (Å²) in [6.45, 7) is 10.1. The van der Waals surface area contributed by atoms with Gasteiger partial charge in [0.1, 0.15) is 0 Å². The zero-order valence-corrected chi connectivity index (χ0v) is 9.58. The lowest BCUT2D eigenvalue weighted by atomic mass is 9.92. The van der Waals surface area contributed by atoms with E-state index in [9.17, 15) is 4.79 Å². The van der Waals surface area contributed by atoms with Crippen molar-refractivity contribution in [3.05, 3.63) is 22.9 Å². The molecule has 0 amide bonds. The number of rotatable bonds is 3. The van der Waals surface area contributed by atoms with Gasteiger partial charge in [-0.3, -0.25) is 9.13 Å². The number of aromatic nitrogens is 2. The molecule has 0 aliphatic rings. The summed E-state index contributed by atoms with van der Waals surface area (Å²) in [5.41, 5.74) is 0.394. The highest BCUT2D eigenvalue weighted by atomic mass is 16.1. The summed E-state index contributed by atoms with van der Waals surface area (Å²) in [6, 6.07) is 0. The molecule has 0 saturated carbocycles. The molecule has 0 atom stereocenters. The van der Waals surface area contributed by atoms with Gasteiger partial charge in [-0.1, -0.05) is 20.8 Å². The highest BCUT2D eigenvalue weighted by Gasteiger charge is 2.11. The smallest absolute Gasteiger partial charge is 0.300 e. The lowest BCUT2D eigenvalue weighted by Crippen LogP contribution is -2.25. The zero-order chi connectivity index (χ0) is 10.8. The van der Waals surface area contributed by atoms with Crippen LogP contribution in [0.1, 0.15) is 34.1 Å². The van der Waals surface area contributed by atoms with E-state index in [0.717, 1.165) is 19.5 Å². The summed E-state index contributed by atoms with van der Waals surface area (Å²) in [5, 5.41) is 0. The Balaban J connectivity index is 2.69. The molecule has 0 aliphatic carbocycles. The van der Waals surface area contributed by atoms with Crippen molar-refractivity contribution < 1.29 is 0 Å². The van der Waals surface area contributed by atoms with Crippen molar-refractivity contribution in [2.24, 2.45) is 5.41 Å². The Morgan fingerprint density at radius 2 is 1.79 bits per heavy atom.